The quantitative estimate of drug-likeness (QED) is 0.213. The van der Waals surface area contributed by atoms with Crippen molar-refractivity contribution in [2.24, 2.45) is 0 Å². The topological polar surface area (TPSA) is 9.86 Å². The Hall–Kier alpha value is -5.60. The van der Waals surface area contributed by atoms with E-state index in [2.05, 4.69) is 167 Å². The fourth-order valence-corrected chi connectivity index (χ4v) is 6.88. The van der Waals surface area contributed by atoms with Gasteiger partial charge in [-0.05, 0) is 59.0 Å². The minimum atomic E-state index is 1.16. The number of rotatable bonds is 3. The van der Waals surface area contributed by atoms with Crippen molar-refractivity contribution in [1.82, 2.24) is 9.13 Å². The van der Waals surface area contributed by atoms with Gasteiger partial charge in [-0.25, -0.2) is 0 Å². The largest absolute Gasteiger partial charge is 0.309 e. The van der Waals surface area contributed by atoms with Gasteiger partial charge in [0.15, 0.2) is 0 Å². The van der Waals surface area contributed by atoms with E-state index < -0.39 is 0 Å². The molecule has 0 atom stereocenters. The van der Waals surface area contributed by atoms with E-state index >= 15 is 0 Å². The smallest absolute Gasteiger partial charge is 0.0619 e. The third kappa shape index (κ3) is 3.27. The minimum absolute atomic E-state index is 1.16. The highest BCUT2D eigenvalue weighted by atomic mass is 15.0. The first kappa shape index (κ1) is 23.1. The number of fused-ring (bicyclic) bond motifs is 9. The number of nitrogens with zero attached hydrogens (tertiary/aromatic N) is 2. The third-order valence-corrected chi connectivity index (χ3v) is 8.70. The molecule has 2 heteroatoms. The van der Waals surface area contributed by atoms with Crippen LogP contribution in [-0.4, -0.2) is 9.13 Å². The van der Waals surface area contributed by atoms with Gasteiger partial charge in [-0.1, -0.05) is 115 Å². The summed E-state index contributed by atoms with van der Waals surface area (Å²) in [5, 5.41) is 7.65. The van der Waals surface area contributed by atoms with Crippen LogP contribution in [0.25, 0.3) is 76.9 Å². The Bertz CT molecular complexity index is 2430. The molecule has 0 saturated heterocycles. The van der Waals surface area contributed by atoms with Crippen LogP contribution in [0.2, 0.25) is 0 Å². The second-order valence-corrected chi connectivity index (χ2v) is 11.0. The SMILES string of the molecule is c1ccc(-c2ccc(-n3c4ccc5c(c6ccccc6n5-c5ccccc5)c4c4ccc5ccccc5c43)cc2)cc1. The maximum absolute atomic E-state index is 2.47. The number of hydrogen-bond acceptors (Lipinski definition) is 0. The summed E-state index contributed by atoms with van der Waals surface area (Å²) >= 11 is 0. The Kier molecular flexibility index (Phi) is 4.93. The molecule has 0 unspecified atom stereocenters. The fourth-order valence-electron chi connectivity index (χ4n) is 6.88. The fraction of sp³-hybridized carbons (Fsp3) is 0. The zero-order valence-electron chi connectivity index (χ0n) is 22.9. The lowest BCUT2D eigenvalue weighted by molar-refractivity contribution is 1.17. The van der Waals surface area contributed by atoms with Gasteiger partial charge in [0.1, 0.15) is 0 Å². The highest BCUT2D eigenvalue weighted by molar-refractivity contribution is 6.31. The zero-order valence-corrected chi connectivity index (χ0v) is 22.9. The van der Waals surface area contributed by atoms with Crippen LogP contribution in [0.1, 0.15) is 0 Å². The Labute approximate surface area is 243 Å². The Balaban J connectivity index is 1.44. The van der Waals surface area contributed by atoms with E-state index in [1.165, 1.54) is 71.2 Å². The molecule has 0 aliphatic carbocycles. The monoisotopic (exact) mass is 534 g/mol. The normalized spacial score (nSPS) is 11.8. The van der Waals surface area contributed by atoms with Gasteiger partial charge in [0.05, 0.1) is 22.1 Å². The van der Waals surface area contributed by atoms with Crippen LogP contribution in [0.4, 0.5) is 0 Å². The maximum atomic E-state index is 2.47. The Morgan fingerprint density at radius 1 is 0.310 bits per heavy atom. The second kappa shape index (κ2) is 8.95. The minimum Gasteiger partial charge on any atom is -0.309 e. The molecule has 9 rings (SSSR count). The summed E-state index contributed by atoms with van der Waals surface area (Å²) < 4.78 is 4.87. The number of aromatic nitrogens is 2. The van der Waals surface area contributed by atoms with Gasteiger partial charge >= 0.3 is 0 Å². The van der Waals surface area contributed by atoms with Crippen LogP contribution < -0.4 is 0 Å². The van der Waals surface area contributed by atoms with E-state index in [4.69, 9.17) is 0 Å². The summed E-state index contributed by atoms with van der Waals surface area (Å²) in [6.45, 7) is 0. The average molecular weight is 535 g/mol. The van der Waals surface area contributed by atoms with Crippen molar-refractivity contribution in [3.8, 4) is 22.5 Å². The molecule has 196 valence electrons. The number of benzene rings is 7. The molecular weight excluding hydrogens is 508 g/mol. The Morgan fingerprint density at radius 2 is 0.881 bits per heavy atom. The van der Waals surface area contributed by atoms with E-state index in [0.717, 1.165) is 5.69 Å². The molecule has 2 nitrogen and oxygen atoms in total. The molecule has 9 aromatic rings. The van der Waals surface area contributed by atoms with Crippen molar-refractivity contribution < 1.29 is 0 Å². The molecule has 0 radical (unpaired) electrons. The highest BCUT2D eigenvalue weighted by Crippen LogP contribution is 2.44. The molecule has 2 heterocycles. The van der Waals surface area contributed by atoms with Crippen molar-refractivity contribution >= 4 is 54.4 Å². The van der Waals surface area contributed by atoms with E-state index in [1.807, 2.05) is 0 Å². The molecule has 7 aromatic carbocycles. The van der Waals surface area contributed by atoms with Gasteiger partial charge < -0.3 is 9.13 Å². The lowest BCUT2D eigenvalue weighted by atomic mass is 10.0. The van der Waals surface area contributed by atoms with E-state index in [1.54, 1.807) is 0 Å². The van der Waals surface area contributed by atoms with E-state index in [-0.39, 0.29) is 0 Å². The summed E-state index contributed by atoms with van der Waals surface area (Å²) in [4.78, 5) is 0. The molecule has 0 aliphatic heterocycles. The maximum Gasteiger partial charge on any atom is 0.0619 e. The van der Waals surface area contributed by atoms with Crippen LogP contribution in [0, 0.1) is 0 Å². The van der Waals surface area contributed by atoms with Crippen molar-refractivity contribution in [1.29, 1.82) is 0 Å². The summed E-state index contributed by atoms with van der Waals surface area (Å²) in [7, 11) is 0. The van der Waals surface area contributed by atoms with Gasteiger partial charge in [-0.15, -0.1) is 0 Å². The molecule has 42 heavy (non-hydrogen) atoms. The number of para-hydroxylation sites is 2. The van der Waals surface area contributed by atoms with Gasteiger partial charge in [0.25, 0.3) is 0 Å². The van der Waals surface area contributed by atoms with Gasteiger partial charge in [0, 0.05) is 38.3 Å². The average Bonchev–Trinajstić information content (AvgIpc) is 3.59. The first-order valence-corrected chi connectivity index (χ1v) is 14.5. The second-order valence-electron chi connectivity index (χ2n) is 11.0. The van der Waals surface area contributed by atoms with Crippen LogP contribution >= 0.6 is 0 Å². The summed E-state index contributed by atoms with van der Waals surface area (Å²) in [5.74, 6) is 0. The lowest BCUT2D eigenvalue weighted by Crippen LogP contribution is -1.95. The van der Waals surface area contributed by atoms with Crippen LogP contribution in [0.3, 0.4) is 0 Å². The molecular formula is C40H26N2. The van der Waals surface area contributed by atoms with E-state index in [0.29, 0.717) is 0 Å². The summed E-state index contributed by atoms with van der Waals surface area (Å²) in [6, 6.07) is 57.1. The molecule has 2 aromatic heterocycles. The molecule has 0 fully saturated rings. The van der Waals surface area contributed by atoms with Gasteiger partial charge in [-0.2, -0.15) is 0 Å². The van der Waals surface area contributed by atoms with Crippen LogP contribution in [-0.2, 0) is 0 Å². The first-order chi connectivity index (χ1) is 20.9. The van der Waals surface area contributed by atoms with Crippen LogP contribution in [0.5, 0.6) is 0 Å². The van der Waals surface area contributed by atoms with Crippen molar-refractivity contribution in [3.05, 3.63) is 158 Å². The summed E-state index contributed by atoms with van der Waals surface area (Å²) in [6.07, 6.45) is 0. The highest BCUT2D eigenvalue weighted by Gasteiger charge is 2.21. The molecule has 0 spiro atoms. The molecule has 0 amide bonds. The first-order valence-electron chi connectivity index (χ1n) is 14.5. The van der Waals surface area contributed by atoms with Gasteiger partial charge in [-0.3, -0.25) is 0 Å². The predicted octanol–water partition coefficient (Wildman–Crippen LogP) is 10.7. The third-order valence-electron chi connectivity index (χ3n) is 8.70. The summed E-state index contributed by atoms with van der Waals surface area (Å²) in [5.41, 5.74) is 9.70. The molecule has 0 N–H and O–H groups in total. The standard InChI is InChI=1S/C40H26N2/c1-3-11-27(12-4-1)28-19-22-31(23-20-28)42-37-26-25-36-38(39(37)34-24-21-29-13-7-8-16-32(29)40(34)42)33-17-9-10-18-35(33)41(36)30-14-5-2-6-15-30/h1-26H. The number of hydrogen-bond donors (Lipinski definition) is 0. The lowest BCUT2D eigenvalue weighted by Gasteiger charge is -2.11. The Morgan fingerprint density at radius 3 is 1.67 bits per heavy atom. The predicted molar refractivity (Wildman–Crippen MR) is 178 cm³/mol. The van der Waals surface area contributed by atoms with Gasteiger partial charge in [0.2, 0.25) is 0 Å². The van der Waals surface area contributed by atoms with Crippen LogP contribution in [0.15, 0.2) is 158 Å². The molecule has 0 saturated carbocycles. The van der Waals surface area contributed by atoms with Crippen molar-refractivity contribution in [2.45, 2.75) is 0 Å². The molecule has 0 aliphatic rings. The van der Waals surface area contributed by atoms with Crippen molar-refractivity contribution in [3.63, 3.8) is 0 Å². The molecule has 0 bridgehead atoms. The zero-order chi connectivity index (χ0) is 27.6. The van der Waals surface area contributed by atoms with Crippen molar-refractivity contribution in [2.75, 3.05) is 0 Å². The van der Waals surface area contributed by atoms with E-state index in [9.17, 15) is 0 Å².